The molecule has 146 valence electrons. The Kier molecular flexibility index (Phi) is 4.76. The lowest BCUT2D eigenvalue weighted by Gasteiger charge is -2.15. The van der Waals surface area contributed by atoms with Crippen molar-refractivity contribution in [1.29, 1.82) is 0 Å². The molecule has 2 aromatic carbocycles. The lowest BCUT2D eigenvalue weighted by Crippen LogP contribution is -2.30. The van der Waals surface area contributed by atoms with Gasteiger partial charge in [-0.15, -0.1) is 0 Å². The van der Waals surface area contributed by atoms with Crippen LogP contribution in [0.4, 0.5) is 0 Å². The maximum atomic E-state index is 12.8. The topological polar surface area (TPSA) is 85.5 Å². The Morgan fingerprint density at radius 2 is 2.03 bits per heavy atom. The van der Waals surface area contributed by atoms with E-state index in [1.54, 1.807) is 11.1 Å². The van der Waals surface area contributed by atoms with E-state index in [2.05, 4.69) is 11.6 Å². The Hall–Kier alpha value is -3.67. The van der Waals surface area contributed by atoms with Gasteiger partial charge < -0.3 is 15.4 Å². The number of carbonyl (C=O) groups excluding carboxylic acids is 2. The standard InChI is InChI=1S/C23H21N3O3/c1-3-29-17-8-9-25-21(11-17)16-5-4-15-6-7-18-20(19(15)10-16)13-26(23(18)28)12-14(2)22(24)27/h4-11H,2-3,12-13H2,1H3,(H2,24,27). The first-order valence-corrected chi connectivity index (χ1v) is 9.39. The summed E-state index contributed by atoms with van der Waals surface area (Å²) in [6.07, 6.45) is 1.72. The molecule has 6 heteroatoms. The van der Waals surface area contributed by atoms with E-state index in [0.717, 1.165) is 33.3 Å². The molecule has 0 unspecified atom stereocenters. The third-order valence-electron chi connectivity index (χ3n) is 5.07. The molecule has 0 saturated carbocycles. The number of nitrogens with two attached hydrogens (primary N) is 1. The number of hydrogen-bond acceptors (Lipinski definition) is 4. The van der Waals surface area contributed by atoms with Crippen molar-refractivity contribution in [2.75, 3.05) is 13.2 Å². The Balaban J connectivity index is 1.74. The summed E-state index contributed by atoms with van der Waals surface area (Å²) in [6.45, 7) is 6.73. The van der Waals surface area contributed by atoms with Crippen LogP contribution >= 0.6 is 0 Å². The number of hydrogen-bond donors (Lipinski definition) is 1. The second kappa shape index (κ2) is 7.39. The molecule has 2 N–H and O–H groups in total. The number of carbonyl (C=O) groups is 2. The second-order valence-electron chi connectivity index (χ2n) is 6.97. The zero-order chi connectivity index (χ0) is 20.5. The van der Waals surface area contributed by atoms with Gasteiger partial charge in [-0.2, -0.15) is 0 Å². The van der Waals surface area contributed by atoms with Crippen molar-refractivity contribution >= 4 is 22.6 Å². The van der Waals surface area contributed by atoms with Crippen molar-refractivity contribution in [3.05, 3.63) is 71.9 Å². The van der Waals surface area contributed by atoms with Gasteiger partial charge in [-0.25, -0.2) is 0 Å². The van der Waals surface area contributed by atoms with Crippen LogP contribution in [-0.4, -0.2) is 34.8 Å². The van der Waals surface area contributed by atoms with Crippen LogP contribution in [0.15, 0.2) is 60.8 Å². The number of aromatic nitrogens is 1. The van der Waals surface area contributed by atoms with E-state index in [0.29, 0.717) is 18.7 Å². The molecule has 0 aliphatic carbocycles. The van der Waals surface area contributed by atoms with Crippen molar-refractivity contribution in [3.8, 4) is 17.0 Å². The zero-order valence-electron chi connectivity index (χ0n) is 16.1. The fourth-order valence-corrected chi connectivity index (χ4v) is 3.61. The molecule has 0 saturated heterocycles. The van der Waals surface area contributed by atoms with Crippen LogP contribution in [0.5, 0.6) is 5.75 Å². The molecule has 2 heterocycles. The highest BCUT2D eigenvalue weighted by molar-refractivity contribution is 6.05. The number of primary amides is 1. The Labute approximate surface area is 168 Å². The smallest absolute Gasteiger partial charge is 0.254 e. The summed E-state index contributed by atoms with van der Waals surface area (Å²) >= 11 is 0. The number of fused-ring (bicyclic) bond motifs is 3. The summed E-state index contributed by atoms with van der Waals surface area (Å²) in [5, 5.41) is 2.03. The molecule has 3 aromatic rings. The lowest BCUT2D eigenvalue weighted by molar-refractivity contribution is -0.114. The molecular formula is C23H21N3O3. The van der Waals surface area contributed by atoms with Gasteiger partial charge in [-0.05, 0) is 41.5 Å². The first-order chi connectivity index (χ1) is 14.0. The fraction of sp³-hybridized carbons (Fsp3) is 0.174. The monoisotopic (exact) mass is 387 g/mol. The van der Waals surface area contributed by atoms with Gasteiger partial charge in [0, 0.05) is 35.5 Å². The van der Waals surface area contributed by atoms with E-state index in [-0.39, 0.29) is 18.0 Å². The molecule has 4 rings (SSSR count). The molecule has 0 bridgehead atoms. The van der Waals surface area contributed by atoms with Crippen LogP contribution in [0.2, 0.25) is 0 Å². The van der Waals surface area contributed by atoms with Gasteiger partial charge in [0.15, 0.2) is 0 Å². The van der Waals surface area contributed by atoms with Crippen molar-refractivity contribution in [3.63, 3.8) is 0 Å². The molecule has 2 amide bonds. The van der Waals surface area contributed by atoms with E-state index in [4.69, 9.17) is 10.5 Å². The maximum absolute atomic E-state index is 12.8. The molecule has 1 aliphatic heterocycles. The summed E-state index contributed by atoms with van der Waals surface area (Å²) in [5.74, 6) is 0.0505. The molecular weight excluding hydrogens is 366 g/mol. The minimum absolute atomic E-state index is 0.119. The van der Waals surface area contributed by atoms with Crippen LogP contribution < -0.4 is 10.5 Å². The summed E-state index contributed by atoms with van der Waals surface area (Å²) in [6, 6.07) is 13.6. The molecule has 0 atom stereocenters. The fourth-order valence-electron chi connectivity index (χ4n) is 3.61. The number of pyridine rings is 1. The van der Waals surface area contributed by atoms with Crippen molar-refractivity contribution < 1.29 is 14.3 Å². The second-order valence-corrected chi connectivity index (χ2v) is 6.97. The SMILES string of the molecule is C=C(CN1Cc2c(ccc3ccc(-c4cc(OCC)ccn4)cc23)C1=O)C(N)=O. The van der Waals surface area contributed by atoms with E-state index in [9.17, 15) is 9.59 Å². The number of nitrogens with zero attached hydrogens (tertiary/aromatic N) is 2. The molecule has 0 radical (unpaired) electrons. The summed E-state index contributed by atoms with van der Waals surface area (Å²) in [4.78, 5) is 30.2. The van der Waals surface area contributed by atoms with Gasteiger partial charge in [0.25, 0.3) is 5.91 Å². The van der Waals surface area contributed by atoms with Crippen LogP contribution in [0, 0.1) is 0 Å². The van der Waals surface area contributed by atoms with Gasteiger partial charge in [0.2, 0.25) is 5.91 Å². The highest BCUT2D eigenvalue weighted by Crippen LogP contribution is 2.33. The average Bonchev–Trinajstić information content (AvgIpc) is 3.04. The molecule has 0 fully saturated rings. The largest absolute Gasteiger partial charge is 0.494 e. The normalized spacial score (nSPS) is 12.9. The van der Waals surface area contributed by atoms with Crippen molar-refractivity contribution in [1.82, 2.24) is 9.88 Å². The predicted octanol–water partition coefficient (Wildman–Crippen LogP) is 3.30. The van der Waals surface area contributed by atoms with E-state index >= 15 is 0 Å². The molecule has 0 spiro atoms. The van der Waals surface area contributed by atoms with Crippen LogP contribution in [-0.2, 0) is 11.3 Å². The van der Waals surface area contributed by atoms with E-state index in [1.165, 1.54) is 0 Å². The van der Waals surface area contributed by atoms with Crippen LogP contribution in [0.1, 0.15) is 22.8 Å². The zero-order valence-corrected chi connectivity index (χ0v) is 16.1. The van der Waals surface area contributed by atoms with Crippen LogP contribution in [0.3, 0.4) is 0 Å². The molecule has 6 nitrogen and oxygen atoms in total. The number of ether oxygens (including phenoxy) is 1. The quantitative estimate of drug-likeness (QED) is 0.658. The number of rotatable bonds is 6. The van der Waals surface area contributed by atoms with E-state index < -0.39 is 5.91 Å². The third kappa shape index (κ3) is 3.45. The first-order valence-electron chi connectivity index (χ1n) is 9.39. The van der Waals surface area contributed by atoms with Gasteiger partial charge in [-0.1, -0.05) is 24.8 Å². The van der Waals surface area contributed by atoms with E-state index in [1.807, 2.05) is 49.4 Å². The molecule has 1 aliphatic rings. The Bertz CT molecular complexity index is 1150. The number of amides is 2. The van der Waals surface area contributed by atoms with Gasteiger partial charge >= 0.3 is 0 Å². The van der Waals surface area contributed by atoms with Crippen molar-refractivity contribution in [2.45, 2.75) is 13.5 Å². The predicted molar refractivity (Wildman–Crippen MR) is 111 cm³/mol. The third-order valence-corrected chi connectivity index (χ3v) is 5.07. The molecule has 1 aromatic heterocycles. The van der Waals surface area contributed by atoms with Gasteiger partial charge in [0.05, 0.1) is 18.8 Å². The Morgan fingerprint density at radius 1 is 1.24 bits per heavy atom. The minimum Gasteiger partial charge on any atom is -0.494 e. The summed E-state index contributed by atoms with van der Waals surface area (Å²) < 4.78 is 5.58. The van der Waals surface area contributed by atoms with Crippen molar-refractivity contribution in [2.24, 2.45) is 5.73 Å². The summed E-state index contributed by atoms with van der Waals surface area (Å²) in [5.41, 5.74) is 8.82. The highest BCUT2D eigenvalue weighted by atomic mass is 16.5. The maximum Gasteiger partial charge on any atom is 0.254 e. The first kappa shape index (κ1) is 18.7. The minimum atomic E-state index is -0.596. The van der Waals surface area contributed by atoms with Gasteiger partial charge in [-0.3, -0.25) is 14.6 Å². The van der Waals surface area contributed by atoms with Crippen LogP contribution in [0.25, 0.3) is 22.0 Å². The average molecular weight is 387 g/mol. The Morgan fingerprint density at radius 3 is 2.79 bits per heavy atom. The molecule has 29 heavy (non-hydrogen) atoms. The summed E-state index contributed by atoms with van der Waals surface area (Å²) in [7, 11) is 0. The highest BCUT2D eigenvalue weighted by Gasteiger charge is 2.29. The van der Waals surface area contributed by atoms with Gasteiger partial charge in [0.1, 0.15) is 5.75 Å². The number of benzene rings is 2. The lowest BCUT2D eigenvalue weighted by atomic mass is 9.98.